The van der Waals surface area contributed by atoms with Crippen LogP contribution >= 0.6 is 23.2 Å². The van der Waals surface area contributed by atoms with Gasteiger partial charge in [-0.2, -0.15) is 0 Å². The summed E-state index contributed by atoms with van der Waals surface area (Å²) in [5.41, 5.74) is 3.33. The molecule has 0 aliphatic rings. The Hall–Kier alpha value is -1.64. The van der Waals surface area contributed by atoms with E-state index in [9.17, 15) is 9.59 Å². The maximum absolute atomic E-state index is 11.7. The predicted octanol–water partition coefficient (Wildman–Crippen LogP) is 4.98. The number of halogens is 2. The SMILES string of the molecule is O=C(CCCl)c1ccc(-c2ccc(C(=O)CCCl)cc2)cc1. The maximum atomic E-state index is 11.7. The van der Waals surface area contributed by atoms with E-state index in [0.29, 0.717) is 35.7 Å². The fourth-order valence-corrected chi connectivity index (χ4v) is 2.50. The van der Waals surface area contributed by atoms with Gasteiger partial charge in [-0.25, -0.2) is 0 Å². The van der Waals surface area contributed by atoms with Crippen LogP contribution in [0, 0.1) is 0 Å². The van der Waals surface area contributed by atoms with Crippen molar-refractivity contribution in [3.8, 4) is 11.1 Å². The molecule has 4 heteroatoms. The maximum Gasteiger partial charge on any atom is 0.164 e. The van der Waals surface area contributed by atoms with Gasteiger partial charge in [0.15, 0.2) is 11.6 Å². The van der Waals surface area contributed by atoms with Gasteiger partial charge in [-0.3, -0.25) is 9.59 Å². The monoisotopic (exact) mass is 334 g/mol. The Balaban J connectivity index is 2.15. The molecule has 0 aliphatic carbocycles. The quantitative estimate of drug-likeness (QED) is 0.528. The summed E-state index contributed by atoms with van der Waals surface area (Å²) >= 11 is 11.2. The van der Waals surface area contributed by atoms with Crippen LogP contribution in [0.4, 0.5) is 0 Å². The van der Waals surface area contributed by atoms with E-state index in [1.165, 1.54) is 0 Å². The fourth-order valence-electron chi connectivity index (χ4n) is 2.16. The summed E-state index contributed by atoms with van der Waals surface area (Å²) in [6.07, 6.45) is 0.691. The number of Topliss-reactive ketones (excluding diaryl/α,β-unsaturated/α-hetero) is 2. The van der Waals surface area contributed by atoms with Gasteiger partial charge in [-0.05, 0) is 11.1 Å². The highest BCUT2D eigenvalue weighted by Crippen LogP contribution is 2.21. The van der Waals surface area contributed by atoms with Crippen LogP contribution in [0.25, 0.3) is 11.1 Å². The standard InChI is InChI=1S/C18H16Cl2O2/c19-11-9-17(21)15-5-1-13(2-6-15)14-3-7-16(8-4-14)18(22)10-12-20/h1-8H,9-12H2. The number of carbonyl (C=O) groups excluding carboxylic acids is 2. The van der Waals surface area contributed by atoms with E-state index in [0.717, 1.165) is 11.1 Å². The molecule has 0 heterocycles. The first-order valence-electron chi connectivity index (χ1n) is 7.04. The lowest BCUT2D eigenvalue weighted by Crippen LogP contribution is -2.00. The van der Waals surface area contributed by atoms with Crippen molar-refractivity contribution in [1.82, 2.24) is 0 Å². The predicted molar refractivity (Wildman–Crippen MR) is 91.2 cm³/mol. The molecule has 2 aromatic rings. The van der Waals surface area contributed by atoms with Gasteiger partial charge in [-0.15, -0.1) is 23.2 Å². The summed E-state index contributed by atoms with van der Waals surface area (Å²) in [6, 6.07) is 14.8. The van der Waals surface area contributed by atoms with Crippen molar-refractivity contribution in [2.75, 3.05) is 11.8 Å². The second-order valence-electron chi connectivity index (χ2n) is 4.88. The van der Waals surface area contributed by atoms with Crippen LogP contribution in [0.15, 0.2) is 48.5 Å². The van der Waals surface area contributed by atoms with Crippen LogP contribution in [-0.2, 0) is 0 Å². The first kappa shape index (κ1) is 16.7. The average molecular weight is 335 g/mol. The van der Waals surface area contributed by atoms with E-state index in [2.05, 4.69) is 0 Å². The van der Waals surface area contributed by atoms with Gasteiger partial charge in [0.05, 0.1) is 0 Å². The minimum absolute atomic E-state index is 0.0450. The molecular formula is C18H16Cl2O2. The molecule has 2 rings (SSSR count). The van der Waals surface area contributed by atoms with Crippen molar-refractivity contribution in [3.63, 3.8) is 0 Å². The van der Waals surface area contributed by atoms with Crippen molar-refractivity contribution >= 4 is 34.8 Å². The molecule has 2 nitrogen and oxygen atoms in total. The summed E-state index contributed by atoms with van der Waals surface area (Å²) in [4.78, 5) is 23.5. The molecule has 0 unspecified atom stereocenters. The topological polar surface area (TPSA) is 34.1 Å². The van der Waals surface area contributed by atoms with Gasteiger partial charge in [0.25, 0.3) is 0 Å². The second-order valence-corrected chi connectivity index (χ2v) is 5.63. The summed E-state index contributed by atoms with van der Waals surface area (Å²) < 4.78 is 0. The fraction of sp³-hybridized carbons (Fsp3) is 0.222. The lowest BCUT2D eigenvalue weighted by Gasteiger charge is -2.05. The number of ketones is 2. The zero-order chi connectivity index (χ0) is 15.9. The smallest absolute Gasteiger partial charge is 0.164 e. The highest BCUT2D eigenvalue weighted by Gasteiger charge is 2.07. The molecule has 0 radical (unpaired) electrons. The van der Waals surface area contributed by atoms with Crippen molar-refractivity contribution in [2.45, 2.75) is 12.8 Å². The van der Waals surface area contributed by atoms with Gasteiger partial charge >= 0.3 is 0 Å². The second kappa shape index (κ2) is 8.11. The Morgan fingerprint density at radius 1 is 0.636 bits per heavy atom. The molecule has 2 aromatic carbocycles. The Morgan fingerprint density at radius 3 is 1.23 bits per heavy atom. The van der Waals surface area contributed by atoms with Crippen molar-refractivity contribution < 1.29 is 9.59 Å². The normalized spacial score (nSPS) is 10.5. The van der Waals surface area contributed by atoms with Crippen LogP contribution in [0.1, 0.15) is 33.6 Å². The van der Waals surface area contributed by atoms with Gasteiger partial charge in [-0.1, -0.05) is 48.5 Å². The molecule has 22 heavy (non-hydrogen) atoms. The van der Waals surface area contributed by atoms with Crippen LogP contribution in [0.5, 0.6) is 0 Å². The van der Waals surface area contributed by atoms with Crippen molar-refractivity contribution in [1.29, 1.82) is 0 Å². The summed E-state index contributed by atoms with van der Waals surface area (Å²) in [7, 11) is 0. The minimum Gasteiger partial charge on any atom is -0.294 e. The van der Waals surface area contributed by atoms with E-state index in [-0.39, 0.29) is 11.6 Å². The first-order chi connectivity index (χ1) is 10.7. The van der Waals surface area contributed by atoms with Crippen LogP contribution in [0.2, 0.25) is 0 Å². The van der Waals surface area contributed by atoms with E-state index >= 15 is 0 Å². The van der Waals surface area contributed by atoms with Crippen LogP contribution < -0.4 is 0 Å². The molecule has 114 valence electrons. The van der Waals surface area contributed by atoms with E-state index in [1.54, 1.807) is 24.3 Å². The molecule has 0 aliphatic heterocycles. The van der Waals surface area contributed by atoms with Gasteiger partial charge in [0, 0.05) is 35.7 Å². The number of benzene rings is 2. The summed E-state index contributed by atoms with van der Waals surface area (Å²) in [6.45, 7) is 0. The Morgan fingerprint density at radius 2 is 0.955 bits per heavy atom. The molecule has 0 atom stereocenters. The van der Waals surface area contributed by atoms with Crippen LogP contribution in [-0.4, -0.2) is 23.3 Å². The molecule has 0 bridgehead atoms. The first-order valence-corrected chi connectivity index (χ1v) is 8.11. The number of carbonyl (C=O) groups is 2. The third-order valence-electron chi connectivity index (χ3n) is 3.39. The van der Waals surface area contributed by atoms with Crippen molar-refractivity contribution in [3.05, 3.63) is 59.7 Å². The molecule has 0 saturated heterocycles. The molecular weight excluding hydrogens is 319 g/mol. The van der Waals surface area contributed by atoms with Crippen LogP contribution in [0.3, 0.4) is 0 Å². The Bertz CT molecular complexity index is 586. The van der Waals surface area contributed by atoms with Gasteiger partial charge in [0.1, 0.15) is 0 Å². The highest BCUT2D eigenvalue weighted by molar-refractivity contribution is 6.20. The molecule has 0 amide bonds. The molecule has 0 aromatic heterocycles. The number of alkyl halides is 2. The van der Waals surface area contributed by atoms with Gasteiger partial charge in [0.2, 0.25) is 0 Å². The molecule has 0 N–H and O–H groups in total. The lowest BCUT2D eigenvalue weighted by molar-refractivity contribution is 0.0981. The summed E-state index contributed by atoms with van der Waals surface area (Å²) in [5.74, 6) is 0.753. The Labute approximate surface area is 140 Å². The highest BCUT2D eigenvalue weighted by atomic mass is 35.5. The Kier molecular flexibility index (Phi) is 6.17. The zero-order valence-corrected chi connectivity index (χ0v) is 13.5. The lowest BCUT2D eigenvalue weighted by atomic mass is 9.99. The number of hydrogen-bond donors (Lipinski definition) is 0. The molecule has 0 spiro atoms. The number of hydrogen-bond acceptors (Lipinski definition) is 2. The minimum atomic E-state index is 0.0450. The van der Waals surface area contributed by atoms with E-state index in [1.807, 2.05) is 24.3 Å². The van der Waals surface area contributed by atoms with E-state index in [4.69, 9.17) is 23.2 Å². The van der Waals surface area contributed by atoms with E-state index < -0.39 is 0 Å². The van der Waals surface area contributed by atoms with Crippen molar-refractivity contribution in [2.24, 2.45) is 0 Å². The largest absolute Gasteiger partial charge is 0.294 e. The average Bonchev–Trinajstić information content (AvgIpc) is 2.55. The third-order valence-corrected chi connectivity index (χ3v) is 3.77. The number of rotatable bonds is 7. The molecule has 0 fully saturated rings. The zero-order valence-electron chi connectivity index (χ0n) is 12.0. The molecule has 0 saturated carbocycles. The summed E-state index contributed by atoms with van der Waals surface area (Å²) in [5, 5.41) is 0. The van der Waals surface area contributed by atoms with Gasteiger partial charge < -0.3 is 0 Å². The third kappa shape index (κ3) is 4.19.